The summed E-state index contributed by atoms with van der Waals surface area (Å²) in [5.74, 6) is -0.250. The van der Waals surface area contributed by atoms with E-state index in [9.17, 15) is 45.6 Å². The Balaban J connectivity index is 1.87. The summed E-state index contributed by atoms with van der Waals surface area (Å²) in [6, 6.07) is -0.914. The van der Waals surface area contributed by atoms with Crippen LogP contribution in [0.15, 0.2) is 24.3 Å². The van der Waals surface area contributed by atoms with Gasteiger partial charge in [0, 0.05) is 6.42 Å². The van der Waals surface area contributed by atoms with Crippen molar-refractivity contribution >= 4 is 5.91 Å². The first-order valence-electron chi connectivity index (χ1n) is 24.1. The maximum absolute atomic E-state index is 13.1. The minimum atomic E-state index is -1.79. The van der Waals surface area contributed by atoms with E-state index in [4.69, 9.17) is 18.9 Å². The third kappa shape index (κ3) is 22.8. The molecule has 9 N–H and O–H groups in total. The second kappa shape index (κ2) is 34.8. The summed E-state index contributed by atoms with van der Waals surface area (Å²) in [7, 11) is 0. The Labute approximate surface area is 367 Å². The lowest BCUT2D eigenvalue weighted by atomic mass is 9.97. The maximum atomic E-state index is 13.1. The number of allylic oxidation sites excluding steroid dienone is 3. The Morgan fingerprint density at radius 1 is 0.574 bits per heavy atom. The fraction of sp³-hybridized carbons (Fsp3) is 0.894. The number of aliphatic hydroxyl groups is 8. The average Bonchev–Trinajstić information content (AvgIpc) is 3.26. The number of hydrogen-bond donors (Lipinski definition) is 9. The van der Waals surface area contributed by atoms with Crippen LogP contribution in [-0.2, 0) is 23.7 Å². The lowest BCUT2D eigenvalue weighted by Gasteiger charge is -2.46. The molecule has 2 aliphatic heterocycles. The van der Waals surface area contributed by atoms with Crippen molar-refractivity contribution in [2.24, 2.45) is 0 Å². The van der Waals surface area contributed by atoms with Gasteiger partial charge in [0.15, 0.2) is 12.6 Å². The lowest BCUT2D eigenvalue weighted by molar-refractivity contribution is -0.359. The van der Waals surface area contributed by atoms with E-state index in [1.54, 1.807) is 6.08 Å². The molecule has 2 rings (SSSR count). The molecule has 0 saturated carbocycles. The lowest BCUT2D eigenvalue weighted by Crippen LogP contribution is -2.65. The van der Waals surface area contributed by atoms with Gasteiger partial charge in [0.05, 0.1) is 32.0 Å². The van der Waals surface area contributed by atoms with E-state index in [1.165, 1.54) is 89.9 Å². The Kier molecular flexibility index (Phi) is 31.7. The standard InChI is InChI=1S/C47H87NO13/c1-3-5-7-9-11-13-15-16-17-18-19-21-23-25-27-29-31-39(52)48-35(36(51)30-28-26-24-22-20-14-12-10-8-6-4-2)34-58-46-44(57)42(55)45(38(33-50)60-46)61-47-43(56)41(54)40(53)37(32-49)59-47/h17-18,28,30,35-38,40-47,49-51,53-57H,3-16,19-27,29,31-34H2,1-2H3,(H,48,52)/b18-17-,30-28+. The number of amides is 1. The van der Waals surface area contributed by atoms with Crippen LogP contribution >= 0.6 is 0 Å². The summed E-state index contributed by atoms with van der Waals surface area (Å²) in [6.45, 7) is 2.74. The summed E-state index contributed by atoms with van der Waals surface area (Å²) < 4.78 is 22.6. The molecule has 2 aliphatic rings. The molecule has 0 aromatic carbocycles. The van der Waals surface area contributed by atoms with E-state index in [0.717, 1.165) is 57.8 Å². The third-order valence-electron chi connectivity index (χ3n) is 11.9. The van der Waals surface area contributed by atoms with Crippen molar-refractivity contribution < 1.29 is 64.6 Å². The van der Waals surface area contributed by atoms with Crippen LogP contribution in [0, 0.1) is 0 Å². The zero-order valence-corrected chi connectivity index (χ0v) is 37.7. The highest BCUT2D eigenvalue weighted by Gasteiger charge is 2.51. The fourth-order valence-corrected chi connectivity index (χ4v) is 7.87. The molecule has 358 valence electrons. The minimum absolute atomic E-state index is 0.250. The van der Waals surface area contributed by atoms with Gasteiger partial charge in [0.2, 0.25) is 5.91 Å². The Bertz CT molecular complexity index is 1130. The van der Waals surface area contributed by atoms with E-state index in [0.29, 0.717) is 6.42 Å². The number of nitrogens with one attached hydrogen (secondary N) is 1. The quantitative estimate of drug-likeness (QED) is 0.0285. The zero-order valence-electron chi connectivity index (χ0n) is 37.7. The van der Waals surface area contributed by atoms with Crippen LogP contribution in [-0.4, -0.2) is 140 Å². The van der Waals surface area contributed by atoms with Crippen molar-refractivity contribution in [3.05, 3.63) is 24.3 Å². The van der Waals surface area contributed by atoms with Gasteiger partial charge in [-0.05, 0) is 44.9 Å². The molecule has 0 radical (unpaired) electrons. The van der Waals surface area contributed by atoms with Gasteiger partial charge in [-0.25, -0.2) is 0 Å². The van der Waals surface area contributed by atoms with E-state index in [1.807, 2.05) is 6.08 Å². The second-order valence-corrected chi connectivity index (χ2v) is 17.2. The van der Waals surface area contributed by atoms with Gasteiger partial charge in [-0.1, -0.05) is 147 Å². The van der Waals surface area contributed by atoms with Gasteiger partial charge in [-0.15, -0.1) is 0 Å². The normalized spacial score (nSPS) is 28.2. The molecular formula is C47H87NO13. The van der Waals surface area contributed by atoms with Gasteiger partial charge in [-0.2, -0.15) is 0 Å². The number of ether oxygens (including phenoxy) is 4. The van der Waals surface area contributed by atoms with Gasteiger partial charge >= 0.3 is 0 Å². The SMILES string of the molecule is CCCCCCCCC/C=C\CCCCCCCC(=O)NC(COC1OC(CO)C(OC2OC(CO)C(O)C(O)C2O)C(O)C1O)C(O)/C=C/CCCCCCCCCCC. The zero-order chi connectivity index (χ0) is 44.7. The Morgan fingerprint density at radius 3 is 1.56 bits per heavy atom. The molecule has 12 unspecified atom stereocenters. The summed E-state index contributed by atoms with van der Waals surface area (Å²) in [6.07, 6.45) is 19.4. The number of hydrogen-bond acceptors (Lipinski definition) is 13. The van der Waals surface area contributed by atoms with Crippen molar-refractivity contribution in [1.29, 1.82) is 0 Å². The van der Waals surface area contributed by atoms with Gasteiger partial charge in [0.25, 0.3) is 0 Å². The number of carbonyl (C=O) groups is 1. The first kappa shape index (κ1) is 55.6. The first-order chi connectivity index (χ1) is 29.6. The molecule has 14 nitrogen and oxygen atoms in total. The first-order valence-corrected chi connectivity index (χ1v) is 24.1. The van der Waals surface area contributed by atoms with Crippen LogP contribution in [0.2, 0.25) is 0 Å². The van der Waals surface area contributed by atoms with Crippen LogP contribution in [0.3, 0.4) is 0 Å². The minimum Gasteiger partial charge on any atom is -0.394 e. The summed E-state index contributed by atoms with van der Waals surface area (Å²) in [4.78, 5) is 13.1. The van der Waals surface area contributed by atoms with Crippen molar-refractivity contribution in [2.45, 2.75) is 248 Å². The van der Waals surface area contributed by atoms with Crippen LogP contribution in [0.4, 0.5) is 0 Å². The van der Waals surface area contributed by atoms with Crippen molar-refractivity contribution in [1.82, 2.24) is 5.32 Å². The number of carbonyl (C=O) groups excluding carboxylic acids is 1. The van der Waals surface area contributed by atoms with Crippen LogP contribution in [0.1, 0.15) is 174 Å². The molecule has 2 heterocycles. The predicted octanol–water partition coefficient (Wildman–Crippen LogP) is 5.38. The smallest absolute Gasteiger partial charge is 0.220 e. The molecule has 0 aromatic heterocycles. The summed E-state index contributed by atoms with van der Waals surface area (Å²) in [5, 5.41) is 86.5. The molecule has 2 fully saturated rings. The van der Waals surface area contributed by atoms with Crippen molar-refractivity contribution in [2.75, 3.05) is 19.8 Å². The molecule has 0 aliphatic carbocycles. The number of unbranched alkanes of at least 4 members (excludes halogenated alkanes) is 21. The average molecular weight is 874 g/mol. The molecule has 0 bridgehead atoms. The highest BCUT2D eigenvalue weighted by Crippen LogP contribution is 2.30. The number of aliphatic hydroxyl groups excluding tert-OH is 8. The van der Waals surface area contributed by atoms with E-state index < -0.39 is 86.8 Å². The molecular weight excluding hydrogens is 787 g/mol. The van der Waals surface area contributed by atoms with E-state index >= 15 is 0 Å². The van der Waals surface area contributed by atoms with Crippen LogP contribution in [0.25, 0.3) is 0 Å². The summed E-state index contributed by atoms with van der Waals surface area (Å²) in [5.41, 5.74) is 0. The maximum Gasteiger partial charge on any atom is 0.220 e. The highest BCUT2D eigenvalue weighted by molar-refractivity contribution is 5.76. The van der Waals surface area contributed by atoms with Crippen LogP contribution < -0.4 is 5.32 Å². The largest absolute Gasteiger partial charge is 0.394 e. The highest BCUT2D eigenvalue weighted by atomic mass is 16.7. The molecule has 12 atom stereocenters. The van der Waals surface area contributed by atoms with Crippen molar-refractivity contribution in [3.8, 4) is 0 Å². The molecule has 14 heteroatoms. The van der Waals surface area contributed by atoms with Gasteiger partial charge in [-0.3, -0.25) is 4.79 Å². The summed E-state index contributed by atoms with van der Waals surface area (Å²) >= 11 is 0. The molecule has 2 saturated heterocycles. The molecule has 0 spiro atoms. The predicted molar refractivity (Wildman–Crippen MR) is 235 cm³/mol. The monoisotopic (exact) mass is 874 g/mol. The Hall–Kier alpha value is -1.53. The topological polar surface area (TPSA) is 228 Å². The van der Waals surface area contributed by atoms with Crippen LogP contribution in [0.5, 0.6) is 0 Å². The van der Waals surface area contributed by atoms with Crippen molar-refractivity contribution in [3.63, 3.8) is 0 Å². The Morgan fingerprint density at radius 2 is 1.03 bits per heavy atom. The van der Waals surface area contributed by atoms with Gasteiger partial charge < -0.3 is 65.1 Å². The van der Waals surface area contributed by atoms with E-state index in [-0.39, 0.29) is 18.9 Å². The van der Waals surface area contributed by atoms with Gasteiger partial charge in [0.1, 0.15) is 48.8 Å². The molecule has 0 aromatic rings. The number of rotatable bonds is 36. The second-order valence-electron chi connectivity index (χ2n) is 17.2. The molecule has 1 amide bonds. The molecule has 61 heavy (non-hydrogen) atoms. The fourth-order valence-electron chi connectivity index (χ4n) is 7.87. The third-order valence-corrected chi connectivity index (χ3v) is 11.9. The van der Waals surface area contributed by atoms with E-state index in [2.05, 4.69) is 31.3 Å².